The molecule has 0 aromatic carbocycles. The summed E-state index contributed by atoms with van der Waals surface area (Å²) in [6.07, 6.45) is 6.14. The van der Waals surface area contributed by atoms with E-state index >= 15 is 0 Å². The summed E-state index contributed by atoms with van der Waals surface area (Å²) in [5, 5.41) is 2.63. The van der Waals surface area contributed by atoms with Crippen LogP contribution in [0.25, 0.3) is 5.65 Å². The summed E-state index contributed by atoms with van der Waals surface area (Å²) >= 11 is 0. The number of hydrogen-bond donors (Lipinski definition) is 1. The van der Waals surface area contributed by atoms with Gasteiger partial charge >= 0.3 is 0 Å². The molecule has 0 spiro atoms. The van der Waals surface area contributed by atoms with Crippen LogP contribution in [-0.2, 0) is 21.2 Å². The zero-order valence-electron chi connectivity index (χ0n) is 13.6. The van der Waals surface area contributed by atoms with E-state index in [1.807, 2.05) is 42.8 Å². The highest BCUT2D eigenvalue weighted by molar-refractivity contribution is 7.92. The minimum Gasteiger partial charge on any atom is -0.350 e. The summed E-state index contributed by atoms with van der Waals surface area (Å²) in [6, 6.07) is 3.89. The van der Waals surface area contributed by atoms with E-state index in [1.54, 1.807) is 0 Å². The summed E-state index contributed by atoms with van der Waals surface area (Å²) in [5.41, 5.74) is 2.59. The zero-order chi connectivity index (χ0) is 16.9. The van der Waals surface area contributed by atoms with Crippen molar-refractivity contribution >= 4 is 21.4 Å². The molecule has 2 aromatic heterocycles. The van der Waals surface area contributed by atoms with Gasteiger partial charge < -0.3 is 9.72 Å². The Labute approximate surface area is 136 Å². The third-order valence-corrected chi connectivity index (χ3v) is 5.22. The number of hydrogen-bond acceptors (Lipinski definition) is 4. The standard InChI is InChI=1S/C16H23N3O3S/c1-3-4-5-9-23(21,22)12-15(20)17-10-14-11-19-8-6-7-13(2)16(19)18-14/h6-8,11H,3-5,9-10,12H2,1-2H3,(H,17,20). The Hall–Kier alpha value is -1.89. The van der Waals surface area contributed by atoms with Crippen LogP contribution in [0, 0.1) is 6.92 Å². The lowest BCUT2D eigenvalue weighted by atomic mass is 10.3. The first-order valence-corrected chi connectivity index (χ1v) is 9.64. The maximum atomic E-state index is 11.8. The summed E-state index contributed by atoms with van der Waals surface area (Å²) in [7, 11) is -3.33. The molecule has 0 aliphatic rings. The maximum Gasteiger partial charge on any atom is 0.235 e. The Morgan fingerprint density at radius 1 is 1.35 bits per heavy atom. The van der Waals surface area contributed by atoms with Crippen molar-refractivity contribution in [2.75, 3.05) is 11.5 Å². The molecule has 1 N–H and O–H groups in total. The number of pyridine rings is 1. The van der Waals surface area contributed by atoms with Crippen LogP contribution in [0.5, 0.6) is 0 Å². The average molecular weight is 337 g/mol. The van der Waals surface area contributed by atoms with Crippen molar-refractivity contribution in [3.8, 4) is 0 Å². The Morgan fingerprint density at radius 2 is 2.13 bits per heavy atom. The molecule has 0 unspecified atom stereocenters. The SMILES string of the molecule is CCCCCS(=O)(=O)CC(=O)NCc1cn2cccc(C)c2n1. The molecule has 126 valence electrons. The number of aryl methyl sites for hydroxylation is 1. The molecule has 7 heteroatoms. The number of unbranched alkanes of at least 4 members (excludes halogenated alkanes) is 2. The second-order valence-corrected chi connectivity index (χ2v) is 7.91. The third-order valence-electron chi connectivity index (χ3n) is 3.60. The van der Waals surface area contributed by atoms with Gasteiger partial charge in [0.15, 0.2) is 9.84 Å². The number of carbonyl (C=O) groups excluding carboxylic acids is 1. The first kappa shape index (κ1) is 17.5. The van der Waals surface area contributed by atoms with Crippen molar-refractivity contribution in [2.24, 2.45) is 0 Å². The highest BCUT2D eigenvalue weighted by Gasteiger charge is 2.16. The highest BCUT2D eigenvalue weighted by atomic mass is 32.2. The number of aromatic nitrogens is 2. The molecule has 0 atom stereocenters. The van der Waals surface area contributed by atoms with Gasteiger partial charge in [-0.25, -0.2) is 13.4 Å². The largest absolute Gasteiger partial charge is 0.350 e. The molecule has 2 heterocycles. The lowest BCUT2D eigenvalue weighted by Gasteiger charge is -2.05. The molecule has 23 heavy (non-hydrogen) atoms. The van der Waals surface area contributed by atoms with Gasteiger partial charge in [0.25, 0.3) is 0 Å². The number of fused-ring (bicyclic) bond motifs is 1. The van der Waals surface area contributed by atoms with Crippen LogP contribution in [-0.4, -0.2) is 35.2 Å². The van der Waals surface area contributed by atoms with Gasteiger partial charge in [-0.2, -0.15) is 0 Å². The van der Waals surface area contributed by atoms with E-state index in [0.717, 1.165) is 24.1 Å². The molecule has 6 nitrogen and oxygen atoms in total. The first-order valence-electron chi connectivity index (χ1n) is 7.81. The first-order chi connectivity index (χ1) is 10.9. The van der Waals surface area contributed by atoms with E-state index in [4.69, 9.17) is 0 Å². The third kappa shape index (κ3) is 5.06. The molecule has 0 bridgehead atoms. The van der Waals surface area contributed by atoms with Gasteiger partial charge in [-0.05, 0) is 25.0 Å². The van der Waals surface area contributed by atoms with E-state index < -0.39 is 21.5 Å². The number of carbonyl (C=O) groups is 1. The quantitative estimate of drug-likeness (QED) is 0.746. The van der Waals surface area contributed by atoms with Gasteiger partial charge in [0.1, 0.15) is 11.4 Å². The molecule has 0 aliphatic heterocycles. The van der Waals surface area contributed by atoms with Crippen molar-refractivity contribution in [2.45, 2.75) is 39.7 Å². The van der Waals surface area contributed by atoms with Crippen molar-refractivity contribution in [3.05, 3.63) is 35.8 Å². The van der Waals surface area contributed by atoms with Crippen molar-refractivity contribution in [3.63, 3.8) is 0 Å². The van der Waals surface area contributed by atoms with E-state index in [-0.39, 0.29) is 12.3 Å². The summed E-state index contributed by atoms with van der Waals surface area (Å²) in [6.45, 7) is 4.20. The van der Waals surface area contributed by atoms with Gasteiger partial charge in [0.05, 0.1) is 18.0 Å². The summed E-state index contributed by atoms with van der Waals surface area (Å²) < 4.78 is 25.6. The number of rotatable bonds is 8. The number of sulfone groups is 1. The predicted molar refractivity (Wildman–Crippen MR) is 90.0 cm³/mol. The smallest absolute Gasteiger partial charge is 0.235 e. The predicted octanol–water partition coefficient (Wildman–Crippen LogP) is 1.86. The van der Waals surface area contributed by atoms with E-state index in [0.29, 0.717) is 12.1 Å². The molecule has 0 radical (unpaired) electrons. The molecule has 0 fully saturated rings. The van der Waals surface area contributed by atoms with Crippen LogP contribution in [0.4, 0.5) is 0 Å². The topological polar surface area (TPSA) is 80.5 Å². The lowest BCUT2D eigenvalue weighted by molar-refractivity contribution is -0.118. The normalized spacial score (nSPS) is 11.7. The van der Waals surface area contributed by atoms with Crippen LogP contribution in [0.15, 0.2) is 24.5 Å². The van der Waals surface area contributed by atoms with Crippen LogP contribution in [0.1, 0.15) is 37.4 Å². The van der Waals surface area contributed by atoms with Crippen LogP contribution in [0.3, 0.4) is 0 Å². The zero-order valence-corrected chi connectivity index (χ0v) is 14.4. The average Bonchev–Trinajstić information content (AvgIpc) is 2.89. The fourth-order valence-electron chi connectivity index (χ4n) is 2.37. The van der Waals surface area contributed by atoms with Gasteiger partial charge in [-0.1, -0.05) is 25.8 Å². The van der Waals surface area contributed by atoms with E-state index in [9.17, 15) is 13.2 Å². The minimum absolute atomic E-state index is 0.0712. The minimum atomic E-state index is -3.33. The molecule has 0 saturated heterocycles. The summed E-state index contributed by atoms with van der Waals surface area (Å²) in [5.74, 6) is -0.861. The molecular formula is C16H23N3O3S. The van der Waals surface area contributed by atoms with Crippen molar-refractivity contribution in [1.29, 1.82) is 0 Å². The second-order valence-electron chi connectivity index (χ2n) is 5.73. The molecule has 2 aromatic rings. The van der Waals surface area contributed by atoms with Gasteiger partial charge in [0.2, 0.25) is 5.91 Å². The van der Waals surface area contributed by atoms with Crippen molar-refractivity contribution < 1.29 is 13.2 Å². The van der Waals surface area contributed by atoms with E-state index in [1.165, 1.54) is 0 Å². The maximum absolute atomic E-state index is 11.8. The Balaban J connectivity index is 1.89. The van der Waals surface area contributed by atoms with Crippen LogP contribution >= 0.6 is 0 Å². The van der Waals surface area contributed by atoms with E-state index in [2.05, 4.69) is 10.3 Å². The Morgan fingerprint density at radius 3 is 2.83 bits per heavy atom. The Bertz CT molecular complexity index is 781. The van der Waals surface area contributed by atoms with Gasteiger partial charge in [-0.15, -0.1) is 0 Å². The lowest BCUT2D eigenvalue weighted by Crippen LogP contribution is -2.31. The van der Waals surface area contributed by atoms with Crippen LogP contribution < -0.4 is 5.32 Å². The molecule has 1 amide bonds. The molecular weight excluding hydrogens is 314 g/mol. The number of nitrogens with one attached hydrogen (secondary N) is 1. The van der Waals surface area contributed by atoms with Gasteiger partial charge in [-0.3, -0.25) is 4.79 Å². The number of imidazole rings is 1. The molecule has 2 rings (SSSR count). The van der Waals surface area contributed by atoms with Gasteiger partial charge in [0, 0.05) is 12.4 Å². The van der Waals surface area contributed by atoms with Crippen LogP contribution in [0.2, 0.25) is 0 Å². The second kappa shape index (κ2) is 7.59. The number of amides is 1. The fourth-order valence-corrected chi connectivity index (χ4v) is 3.66. The fraction of sp³-hybridized carbons (Fsp3) is 0.500. The monoisotopic (exact) mass is 337 g/mol. The number of nitrogens with zero attached hydrogens (tertiary/aromatic N) is 2. The highest BCUT2D eigenvalue weighted by Crippen LogP contribution is 2.09. The molecule has 0 aliphatic carbocycles. The Kier molecular flexibility index (Phi) is 5.76. The molecule has 0 saturated carbocycles. The summed E-state index contributed by atoms with van der Waals surface area (Å²) in [4.78, 5) is 16.3. The van der Waals surface area contributed by atoms with Crippen molar-refractivity contribution in [1.82, 2.24) is 14.7 Å².